The Hall–Kier alpha value is -1.38. The smallest absolute Gasteiger partial charge is 0.302 e. The second-order valence-electron chi connectivity index (χ2n) is 4.03. The number of carbonyl (C=O) groups excluding carboxylic acids is 1. The van der Waals surface area contributed by atoms with Crippen LogP contribution in [0, 0.1) is 0 Å². The topological polar surface area (TPSA) is 39.2 Å². The van der Waals surface area contributed by atoms with Gasteiger partial charge >= 0.3 is 5.97 Å². The molecule has 0 amide bonds. The number of carbonyl (C=O) groups is 1. The van der Waals surface area contributed by atoms with E-state index in [1.54, 1.807) is 6.20 Å². The standard InChI is InChI=1S/C12H15NO2/c1-9(14)15-12-5-4-10(7-12)11-3-2-6-13-8-11/h2-3,6,8,10,12H,4-5,7H2,1H3/t10-,12-/m1/s1. The number of hydrogen-bond donors (Lipinski definition) is 0. The minimum absolute atomic E-state index is 0.104. The molecule has 0 aliphatic heterocycles. The maximum Gasteiger partial charge on any atom is 0.302 e. The molecule has 80 valence electrons. The third kappa shape index (κ3) is 2.55. The Morgan fingerprint density at radius 3 is 3.07 bits per heavy atom. The van der Waals surface area contributed by atoms with E-state index in [0.717, 1.165) is 19.3 Å². The summed E-state index contributed by atoms with van der Waals surface area (Å²) in [7, 11) is 0. The Morgan fingerprint density at radius 2 is 2.40 bits per heavy atom. The van der Waals surface area contributed by atoms with Crippen molar-refractivity contribution in [1.29, 1.82) is 0 Å². The SMILES string of the molecule is CC(=O)O[C@@H]1CC[C@@H](c2cccnc2)C1. The average molecular weight is 205 g/mol. The highest BCUT2D eigenvalue weighted by Gasteiger charge is 2.27. The van der Waals surface area contributed by atoms with Gasteiger partial charge in [0.15, 0.2) is 0 Å². The van der Waals surface area contributed by atoms with Crippen molar-refractivity contribution >= 4 is 5.97 Å². The van der Waals surface area contributed by atoms with E-state index in [1.165, 1.54) is 12.5 Å². The normalized spacial score (nSPS) is 25.1. The first-order chi connectivity index (χ1) is 7.25. The van der Waals surface area contributed by atoms with Crippen LogP contribution in [0.3, 0.4) is 0 Å². The molecule has 0 unspecified atom stereocenters. The predicted octanol–water partition coefficient (Wildman–Crippen LogP) is 2.28. The van der Waals surface area contributed by atoms with Gasteiger partial charge in [0.25, 0.3) is 0 Å². The van der Waals surface area contributed by atoms with Gasteiger partial charge in [0.1, 0.15) is 6.10 Å². The van der Waals surface area contributed by atoms with E-state index in [0.29, 0.717) is 5.92 Å². The van der Waals surface area contributed by atoms with Crippen molar-refractivity contribution in [2.45, 2.75) is 38.2 Å². The fraction of sp³-hybridized carbons (Fsp3) is 0.500. The Kier molecular flexibility index (Phi) is 2.99. The highest BCUT2D eigenvalue weighted by Crippen LogP contribution is 2.35. The van der Waals surface area contributed by atoms with Gasteiger partial charge in [0.2, 0.25) is 0 Å². The van der Waals surface area contributed by atoms with E-state index >= 15 is 0 Å². The molecule has 0 radical (unpaired) electrons. The maximum atomic E-state index is 10.8. The summed E-state index contributed by atoms with van der Waals surface area (Å²) in [6, 6.07) is 4.04. The number of hydrogen-bond acceptors (Lipinski definition) is 3. The van der Waals surface area contributed by atoms with E-state index in [2.05, 4.69) is 11.1 Å². The average Bonchev–Trinajstić information content (AvgIpc) is 2.67. The lowest BCUT2D eigenvalue weighted by atomic mass is 10.00. The Labute approximate surface area is 89.5 Å². The third-order valence-corrected chi connectivity index (χ3v) is 2.87. The van der Waals surface area contributed by atoms with E-state index < -0.39 is 0 Å². The summed E-state index contributed by atoms with van der Waals surface area (Å²) in [6.45, 7) is 1.47. The Balaban J connectivity index is 1.96. The summed E-state index contributed by atoms with van der Waals surface area (Å²) in [6.07, 6.45) is 6.78. The van der Waals surface area contributed by atoms with Crippen LogP contribution in [0.4, 0.5) is 0 Å². The van der Waals surface area contributed by atoms with Gasteiger partial charge in [-0.2, -0.15) is 0 Å². The summed E-state index contributed by atoms with van der Waals surface area (Å²) >= 11 is 0. The van der Waals surface area contributed by atoms with Gasteiger partial charge < -0.3 is 4.74 Å². The predicted molar refractivity (Wildman–Crippen MR) is 56.4 cm³/mol. The first-order valence-electron chi connectivity index (χ1n) is 5.33. The molecule has 1 fully saturated rings. The number of nitrogens with zero attached hydrogens (tertiary/aromatic N) is 1. The molecule has 0 aromatic carbocycles. The fourth-order valence-corrected chi connectivity index (χ4v) is 2.20. The Morgan fingerprint density at radius 1 is 1.53 bits per heavy atom. The molecular formula is C12H15NO2. The van der Waals surface area contributed by atoms with E-state index in [1.807, 2.05) is 12.3 Å². The van der Waals surface area contributed by atoms with Crippen molar-refractivity contribution in [2.75, 3.05) is 0 Å². The quantitative estimate of drug-likeness (QED) is 0.695. The molecule has 3 heteroatoms. The summed E-state index contributed by atoms with van der Waals surface area (Å²) in [5.41, 5.74) is 1.26. The van der Waals surface area contributed by atoms with Gasteiger partial charge in [-0.15, -0.1) is 0 Å². The molecule has 0 spiro atoms. The van der Waals surface area contributed by atoms with Gasteiger partial charge in [0, 0.05) is 19.3 Å². The highest BCUT2D eigenvalue weighted by molar-refractivity contribution is 5.66. The zero-order valence-corrected chi connectivity index (χ0v) is 8.85. The van der Waals surface area contributed by atoms with Gasteiger partial charge in [-0.25, -0.2) is 0 Å². The zero-order chi connectivity index (χ0) is 10.7. The summed E-state index contributed by atoms with van der Waals surface area (Å²) in [5, 5.41) is 0. The molecule has 2 rings (SSSR count). The third-order valence-electron chi connectivity index (χ3n) is 2.87. The van der Waals surface area contributed by atoms with Crippen LogP contribution in [0.1, 0.15) is 37.7 Å². The first-order valence-corrected chi connectivity index (χ1v) is 5.33. The second-order valence-corrected chi connectivity index (χ2v) is 4.03. The molecular weight excluding hydrogens is 190 g/mol. The van der Waals surface area contributed by atoms with Gasteiger partial charge in [-0.05, 0) is 36.8 Å². The highest BCUT2D eigenvalue weighted by atomic mass is 16.5. The largest absolute Gasteiger partial charge is 0.463 e. The van der Waals surface area contributed by atoms with Crippen molar-refractivity contribution in [3.63, 3.8) is 0 Å². The molecule has 0 bridgehead atoms. The first kappa shape index (κ1) is 10.1. The van der Waals surface area contributed by atoms with Crippen molar-refractivity contribution in [3.8, 4) is 0 Å². The number of aromatic nitrogens is 1. The minimum atomic E-state index is -0.174. The lowest BCUT2D eigenvalue weighted by Gasteiger charge is -2.11. The fourth-order valence-electron chi connectivity index (χ4n) is 2.20. The molecule has 1 aliphatic rings. The van der Waals surface area contributed by atoms with E-state index in [-0.39, 0.29) is 12.1 Å². The number of rotatable bonds is 2. The molecule has 0 N–H and O–H groups in total. The van der Waals surface area contributed by atoms with E-state index in [9.17, 15) is 4.79 Å². The van der Waals surface area contributed by atoms with Crippen molar-refractivity contribution in [3.05, 3.63) is 30.1 Å². The zero-order valence-electron chi connectivity index (χ0n) is 8.85. The maximum absolute atomic E-state index is 10.8. The molecule has 0 saturated heterocycles. The molecule has 15 heavy (non-hydrogen) atoms. The van der Waals surface area contributed by atoms with Crippen molar-refractivity contribution in [1.82, 2.24) is 4.98 Å². The Bertz CT molecular complexity index is 337. The van der Waals surface area contributed by atoms with E-state index in [4.69, 9.17) is 4.74 Å². The molecule has 3 nitrogen and oxygen atoms in total. The van der Waals surface area contributed by atoms with Crippen molar-refractivity contribution in [2.24, 2.45) is 0 Å². The van der Waals surface area contributed by atoms with Gasteiger partial charge in [-0.1, -0.05) is 6.07 Å². The van der Waals surface area contributed by atoms with Crippen LogP contribution in [-0.2, 0) is 9.53 Å². The number of ether oxygens (including phenoxy) is 1. The minimum Gasteiger partial charge on any atom is -0.463 e. The van der Waals surface area contributed by atoms with Crippen LogP contribution in [0.25, 0.3) is 0 Å². The van der Waals surface area contributed by atoms with Crippen LogP contribution in [0.2, 0.25) is 0 Å². The number of esters is 1. The summed E-state index contributed by atoms with van der Waals surface area (Å²) in [5.74, 6) is 0.329. The second kappa shape index (κ2) is 4.43. The summed E-state index contributed by atoms with van der Waals surface area (Å²) in [4.78, 5) is 14.9. The molecule has 2 atom stereocenters. The van der Waals surface area contributed by atoms with Gasteiger partial charge in [-0.3, -0.25) is 9.78 Å². The lowest BCUT2D eigenvalue weighted by Crippen LogP contribution is -2.12. The van der Waals surface area contributed by atoms with Crippen molar-refractivity contribution < 1.29 is 9.53 Å². The van der Waals surface area contributed by atoms with Crippen LogP contribution in [0.5, 0.6) is 0 Å². The van der Waals surface area contributed by atoms with Gasteiger partial charge in [0.05, 0.1) is 0 Å². The molecule has 1 aromatic rings. The van der Waals surface area contributed by atoms with Crippen LogP contribution >= 0.6 is 0 Å². The van der Waals surface area contributed by atoms with Crippen LogP contribution in [0.15, 0.2) is 24.5 Å². The molecule has 1 aromatic heterocycles. The van der Waals surface area contributed by atoms with Crippen LogP contribution < -0.4 is 0 Å². The monoisotopic (exact) mass is 205 g/mol. The molecule has 1 saturated carbocycles. The summed E-state index contributed by atoms with van der Waals surface area (Å²) < 4.78 is 5.20. The van der Waals surface area contributed by atoms with Crippen LogP contribution in [-0.4, -0.2) is 17.1 Å². The lowest BCUT2D eigenvalue weighted by molar-refractivity contribution is -0.145. The molecule has 1 aliphatic carbocycles. The molecule has 1 heterocycles. The number of pyridine rings is 1.